The minimum absolute atomic E-state index is 0.120. The van der Waals surface area contributed by atoms with E-state index < -0.39 is 10.0 Å². The fourth-order valence-corrected chi connectivity index (χ4v) is 3.77. The Balaban J connectivity index is 2.28. The Morgan fingerprint density at radius 1 is 1.08 bits per heavy atom. The molecule has 0 bridgehead atoms. The van der Waals surface area contributed by atoms with Gasteiger partial charge in [0.1, 0.15) is 5.75 Å². The standard InChI is InChI=1S/C19H24N2O4S/c1-3-13-20-19(22)15-21(14-16-7-5-4-6-8-16)26(23,24)18-11-9-17(25-2)10-12-18/h4-12H,3,13-15H2,1-2H3,(H,20,22). The lowest BCUT2D eigenvalue weighted by atomic mass is 10.2. The van der Waals surface area contributed by atoms with E-state index in [-0.39, 0.29) is 23.9 Å². The van der Waals surface area contributed by atoms with Gasteiger partial charge in [0.2, 0.25) is 15.9 Å². The van der Waals surface area contributed by atoms with E-state index >= 15 is 0 Å². The largest absolute Gasteiger partial charge is 0.497 e. The van der Waals surface area contributed by atoms with Crippen LogP contribution in [0.1, 0.15) is 18.9 Å². The molecular formula is C19H24N2O4S. The van der Waals surface area contributed by atoms with Crippen LogP contribution in [0.5, 0.6) is 5.75 Å². The van der Waals surface area contributed by atoms with Crippen LogP contribution in [-0.2, 0) is 21.4 Å². The molecule has 2 aromatic carbocycles. The highest BCUT2D eigenvalue weighted by Gasteiger charge is 2.26. The molecule has 0 saturated heterocycles. The van der Waals surface area contributed by atoms with Gasteiger partial charge in [-0.2, -0.15) is 4.31 Å². The number of amides is 1. The van der Waals surface area contributed by atoms with E-state index in [4.69, 9.17) is 4.74 Å². The van der Waals surface area contributed by atoms with E-state index in [0.717, 1.165) is 12.0 Å². The Labute approximate surface area is 154 Å². The summed E-state index contributed by atoms with van der Waals surface area (Å²) < 4.78 is 32.4. The first-order valence-electron chi connectivity index (χ1n) is 8.42. The van der Waals surface area contributed by atoms with E-state index in [1.165, 1.54) is 23.5 Å². The fourth-order valence-electron chi connectivity index (χ4n) is 2.39. The second-order valence-corrected chi connectivity index (χ2v) is 7.72. The van der Waals surface area contributed by atoms with Crippen LogP contribution in [-0.4, -0.2) is 38.8 Å². The molecule has 0 unspecified atom stereocenters. The number of sulfonamides is 1. The predicted octanol–water partition coefficient (Wildman–Crippen LogP) is 2.41. The van der Waals surface area contributed by atoms with Crippen LogP contribution in [0, 0.1) is 0 Å². The summed E-state index contributed by atoms with van der Waals surface area (Å²) in [4.78, 5) is 12.3. The van der Waals surface area contributed by atoms with Crippen LogP contribution < -0.4 is 10.1 Å². The number of nitrogens with zero attached hydrogens (tertiary/aromatic N) is 1. The second kappa shape index (κ2) is 9.35. The Morgan fingerprint density at radius 3 is 2.31 bits per heavy atom. The van der Waals surface area contributed by atoms with Crippen molar-refractivity contribution in [1.82, 2.24) is 9.62 Å². The highest BCUT2D eigenvalue weighted by molar-refractivity contribution is 7.89. The lowest BCUT2D eigenvalue weighted by Gasteiger charge is -2.22. The van der Waals surface area contributed by atoms with Crippen LogP contribution >= 0.6 is 0 Å². The number of hydrogen-bond donors (Lipinski definition) is 1. The van der Waals surface area contributed by atoms with Gasteiger partial charge < -0.3 is 10.1 Å². The number of hydrogen-bond acceptors (Lipinski definition) is 4. The minimum atomic E-state index is -3.83. The van der Waals surface area contributed by atoms with Crippen molar-refractivity contribution in [1.29, 1.82) is 0 Å². The normalized spacial score (nSPS) is 11.3. The third-order valence-electron chi connectivity index (χ3n) is 3.79. The third kappa shape index (κ3) is 5.31. The van der Waals surface area contributed by atoms with Crippen molar-refractivity contribution in [3.05, 3.63) is 60.2 Å². The van der Waals surface area contributed by atoms with Gasteiger partial charge in [-0.15, -0.1) is 0 Å². The fraction of sp³-hybridized carbons (Fsp3) is 0.316. The van der Waals surface area contributed by atoms with Gasteiger partial charge in [0.25, 0.3) is 0 Å². The average molecular weight is 376 g/mol. The van der Waals surface area contributed by atoms with E-state index in [1.54, 1.807) is 12.1 Å². The van der Waals surface area contributed by atoms with Gasteiger partial charge >= 0.3 is 0 Å². The van der Waals surface area contributed by atoms with Gasteiger partial charge in [0.15, 0.2) is 0 Å². The molecule has 0 aromatic heterocycles. The molecule has 0 saturated carbocycles. The van der Waals surface area contributed by atoms with E-state index in [1.807, 2.05) is 37.3 Å². The molecule has 1 N–H and O–H groups in total. The van der Waals surface area contributed by atoms with Crippen LogP contribution in [0.2, 0.25) is 0 Å². The van der Waals surface area contributed by atoms with Crippen molar-refractivity contribution < 1.29 is 17.9 Å². The zero-order valence-electron chi connectivity index (χ0n) is 15.0. The molecule has 140 valence electrons. The minimum Gasteiger partial charge on any atom is -0.497 e. The van der Waals surface area contributed by atoms with Crippen LogP contribution in [0.15, 0.2) is 59.5 Å². The van der Waals surface area contributed by atoms with E-state index in [0.29, 0.717) is 12.3 Å². The maximum absolute atomic E-state index is 13.1. The monoisotopic (exact) mass is 376 g/mol. The molecule has 0 fully saturated rings. The van der Waals surface area contributed by atoms with E-state index in [9.17, 15) is 13.2 Å². The summed E-state index contributed by atoms with van der Waals surface area (Å²) in [6, 6.07) is 15.3. The first kappa shape index (κ1) is 19.9. The molecule has 2 aromatic rings. The summed E-state index contributed by atoms with van der Waals surface area (Å²) in [5.41, 5.74) is 0.813. The number of rotatable bonds is 9. The molecule has 0 radical (unpaired) electrons. The summed E-state index contributed by atoms with van der Waals surface area (Å²) in [5.74, 6) is 0.249. The number of carbonyl (C=O) groups is 1. The van der Waals surface area contributed by atoms with Crippen molar-refractivity contribution >= 4 is 15.9 Å². The number of nitrogens with one attached hydrogen (secondary N) is 1. The zero-order chi connectivity index (χ0) is 19.0. The number of ether oxygens (including phenoxy) is 1. The van der Waals surface area contributed by atoms with Gasteiger partial charge in [-0.1, -0.05) is 37.3 Å². The van der Waals surface area contributed by atoms with E-state index in [2.05, 4.69) is 5.32 Å². The molecular weight excluding hydrogens is 352 g/mol. The molecule has 0 atom stereocenters. The van der Waals surface area contributed by atoms with Crippen molar-refractivity contribution in [3.63, 3.8) is 0 Å². The summed E-state index contributed by atoms with van der Waals surface area (Å²) >= 11 is 0. The van der Waals surface area contributed by atoms with Crippen LogP contribution in [0.25, 0.3) is 0 Å². The van der Waals surface area contributed by atoms with Crippen molar-refractivity contribution in [2.24, 2.45) is 0 Å². The maximum Gasteiger partial charge on any atom is 0.243 e. The number of methoxy groups -OCH3 is 1. The summed E-state index contributed by atoms with van der Waals surface area (Å²) in [6.07, 6.45) is 0.787. The van der Waals surface area contributed by atoms with Crippen molar-refractivity contribution in [2.45, 2.75) is 24.8 Å². The second-order valence-electron chi connectivity index (χ2n) is 5.78. The zero-order valence-corrected chi connectivity index (χ0v) is 15.8. The Morgan fingerprint density at radius 2 is 1.73 bits per heavy atom. The van der Waals surface area contributed by atoms with Crippen LogP contribution in [0.4, 0.5) is 0 Å². The molecule has 7 heteroatoms. The van der Waals surface area contributed by atoms with Crippen LogP contribution in [0.3, 0.4) is 0 Å². The van der Waals surface area contributed by atoms with Crippen molar-refractivity contribution in [2.75, 3.05) is 20.2 Å². The SMILES string of the molecule is CCCNC(=O)CN(Cc1ccccc1)S(=O)(=O)c1ccc(OC)cc1. The molecule has 0 aliphatic heterocycles. The molecule has 0 heterocycles. The van der Waals surface area contributed by atoms with Gasteiger partial charge in [-0.05, 0) is 36.2 Å². The lowest BCUT2D eigenvalue weighted by molar-refractivity contribution is -0.121. The quantitative estimate of drug-likeness (QED) is 0.729. The molecule has 6 nitrogen and oxygen atoms in total. The smallest absolute Gasteiger partial charge is 0.243 e. The molecule has 2 rings (SSSR count). The summed E-state index contributed by atoms with van der Waals surface area (Å²) in [7, 11) is -2.31. The topological polar surface area (TPSA) is 75.7 Å². The molecule has 26 heavy (non-hydrogen) atoms. The molecule has 0 spiro atoms. The predicted molar refractivity (Wildman–Crippen MR) is 100 cm³/mol. The Bertz CT molecular complexity index is 805. The number of benzene rings is 2. The Kier molecular flexibility index (Phi) is 7.17. The van der Waals surface area contributed by atoms with Gasteiger partial charge in [0, 0.05) is 13.1 Å². The summed E-state index contributed by atoms with van der Waals surface area (Å²) in [6.45, 7) is 2.34. The average Bonchev–Trinajstić information content (AvgIpc) is 2.66. The molecule has 0 aliphatic carbocycles. The Hall–Kier alpha value is -2.38. The third-order valence-corrected chi connectivity index (χ3v) is 5.60. The highest BCUT2D eigenvalue weighted by atomic mass is 32.2. The lowest BCUT2D eigenvalue weighted by Crippen LogP contribution is -2.40. The first-order chi connectivity index (χ1) is 12.5. The highest BCUT2D eigenvalue weighted by Crippen LogP contribution is 2.21. The summed E-state index contributed by atoms with van der Waals surface area (Å²) in [5, 5.41) is 2.73. The molecule has 0 aliphatic rings. The van der Waals surface area contributed by atoms with Gasteiger partial charge in [-0.3, -0.25) is 4.79 Å². The first-order valence-corrected chi connectivity index (χ1v) is 9.86. The molecule has 1 amide bonds. The van der Waals surface area contributed by atoms with Gasteiger partial charge in [-0.25, -0.2) is 8.42 Å². The van der Waals surface area contributed by atoms with Gasteiger partial charge in [0.05, 0.1) is 18.6 Å². The van der Waals surface area contributed by atoms with Crippen molar-refractivity contribution in [3.8, 4) is 5.75 Å². The number of carbonyl (C=O) groups excluding carboxylic acids is 1. The maximum atomic E-state index is 13.1.